The lowest BCUT2D eigenvalue weighted by Gasteiger charge is -2.38. The summed E-state index contributed by atoms with van der Waals surface area (Å²) in [6.07, 6.45) is 1.74. The lowest BCUT2D eigenvalue weighted by molar-refractivity contribution is -0.183. The predicted octanol–water partition coefficient (Wildman–Crippen LogP) is 1.07. The van der Waals surface area contributed by atoms with E-state index in [1.807, 2.05) is 13.8 Å². The Hall–Kier alpha value is -1.53. The number of rotatable bonds is 1. The van der Waals surface area contributed by atoms with E-state index in [2.05, 4.69) is 10.2 Å². The third kappa shape index (κ3) is 2.41. The molecule has 1 spiro atoms. The minimum absolute atomic E-state index is 0.0151. The van der Waals surface area contributed by atoms with Gasteiger partial charge in [0, 0.05) is 13.0 Å². The van der Waals surface area contributed by atoms with Crippen molar-refractivity contribution in [1.29, 1.82) is 0 Å². The summed E-state index contributed by atoms with van der Waals surface area (Å²) in [5, 5.41) is 7.99. The first-order valence-corrected chi connectivity index (χ1v) is 6.98. The molecule has 0 radical (unpaired) electrons. The summed E-state index contributed by atoms with van der Waals surface area (Å²) in [6.45, 7) is 6.08. The maximum Gasteiger partial charge on any atom is 0.256 e. The second-order valence-corrected chi connectivity index (χ2v) is 5.42. The number of hydrogen-bond donors (Lipinski definition) is 0. The molecule has 3 rings (SSSR count). The summed E-state index contributed by atoms with van der Waals surface area (Å²) in [6, 6.07) is 1.79. The molecule has 0 N–H and O–H groups in total. The number of nitrogens with zero attached hydrogens (tertiary/aromatic N) is 3. The van der Waals surface area contributed by atoms with E-state index in [0.29, 0.717) is 31.0 Å². The second-order valence-electron chi connectivity index (χ2n) is 5.42. The van der Waals surface area contributed by atoms with Gasteiger partial charge in [-0.3, -0.25) is 4.79 Å². The molecule has 2 aliphatic heterocycles. The predicted molar refractivity (Wildman–Crippen MR) is 71.3 cm³/mol. The van der Waals surface area contributed by atoms with E-state index in [1.54, 1.807) is 11.0 Å². The van der Waals surface area contributed by atoms with Gasteiger partial charge in [0.2, 0.25) is 0 Å². The number of piperidine rings is 1. The van der Waals surface area contributed by atoms with E-state index >= 15 is 0 Å². The average Bonchev–Trinajstić information content (AvgIpc) is 2.88. The van der Waals surface area contributed by atoms with Crippen molar-refractivity contribution < 1.29 is 14.3 Å². The van der Waals surface area contributed by atoms with E-state index in [-0.39, 0.29) is 5.91 Å². The number of hydrogen-bond acceptors (Lipinski definition) is 5. The second kappa shape index (κ2) is 5.10. The van der Waals surface area contributed by atoms with Crippen molar-refractivity contribution >= 4 is 5.91 Å². The molecule has 0 aromatic carbocycles. The first-order valence-electron chi connectivity index (χ1n) is 6.98. The molecule has 0 atom stereocenters. The van der Waals surface area contributed by atoms with Crippen LogP contribution >= 0.6 is 0 Å². The van der Waals surface area contributed by atoms with Crippen molar-refractivity contribution in [2.75, 3.05) is 26.3 Å². The van der Waals surface area contributed by atoms with Crippen LogP contribution < -0.4 is 0 Å². The van der Waals surface area contributed by atoms with E-state index in [9.17, 15) is 4.79 Å². The molecule has 2 fully saturated rings. The van der Waals surface area contributed by atoms with Crippen LogP contribution in [0.4, 0.5) is 0 Å². The van der Waals surface area contributed by atoms with Gasteiger partial charge in [0.05, 0.1) is 36.7 Å². The lowest BCUT2D eigenvalue weighted by Crippen LogP contribution is -2.51. The number of likely N-dealkylation sites (tertiary alicyclic amines) is 1. The van der Waals surface area contributed by atoms with E-state index in [0.717, 1.165) is 25.1 Å². The molecular formula is C14H19N3O3. The smallest absolute Gasteiger partial charge is 0.256 e. The van der Waals surface area contributed by atoms with Crippen LogP contribution in [0.1, 0.15) is 34.6 Å². The topological polar surface area (TPSA) is 64.6 Å². The Morgan fingerprint density at radius 1 is 1.30 bits per heavy atom. The molecule has 20 heavy (non-hydrogen) atoms. The molecule has 3 heterocycles. The largest absolute Gasteiger partial charge is 0.346 e. The number of aryl methyl sites for hydroxylation is 2. The number of ether oxygens (including phenoxy) is 2. The average molecular weight is 277 g/mol. The minimum Gasteiger partial charge on any atom is -0.346 e. The summed E-state index contributed by atoms with van der Waals surface area (Å²) in [7, 11) is 0. The van der Waals surface area contributed by atoms with Gasteiger partial charge in [0.1, 0.15) is 0 Å². The Kier molecular flexibility index (Phi) is 3.43. The van der Waals surface area contributed by atoms with Gasteiger partial charge in [-0.05, 0) is 26.3 Å². The Morgan fingerprint density at radius 3 is 2.80 bits per heavy atom. The van der Waals surface area contributed by atoms with Crippen LogP contribution in [-0.2, 0) is 9.47 Å². The van der Waals surface area contributed by atoms with Crippen LogP contribution in [0, 0.1) is 13.8 Å². The normalized spacial score (nSPS) is 21.4. The quantitative estimate of drug-likeness (QED) is 0.768. The monoisotopic (exact) mass is 277 g/mol. The molecule has 0 aliphatic carbocycles. The van der Waals surface area contributed by atoms with E-state index in [1.165, 1.54) is 0 Å². The highest BCUT2D eigenvalue weighted by Gasteiger charge is 2.42. The molecule has 1 aromatic heterocycles. The number of amides is 1. The van der Waals surface area contributed by atoms with Gasteiger partial charge in [-0.25, -0.2) is 0 Å². The van der Waals surface area contributed by atoms with Gasteiger partial charge >= 0.3 is 0 Å². The summed E-state index contributed by atoms with van der Waals surface area (Å²) < 4.78 is 11.4. The van der Waals surface area contributed by atoms with Crippen molar-refractivity contribution in [3.8, 4) is 0 Å². The van der Waals surface area contributed by atoms with Gasteiger partial charge in [-0.2, -0.15) is 10.2 Å². The molecule has 6 heteroatoms. The number of carbonyl (C=O) groups excluding carboxylic acids is 1. The zero-order valence-electron chi connectivity index (χ0n) is 11.9. The van der Waals surface area contributed by atoms with Crippen molar-refractivity contribution in [3.63, 3.8) is 0 Å². The SMILES string of the molecule is Cc1cc(C(=O)N2CCCC3(C2)OCCO3)c(C)nn1. The molecule has 1 aromatic rings. The molecule has 2 aliphatic rings. The van der Waals surface area contributed by atoms with Crippen LogP contribution in [0.5, 0.6) is 0 Å². The van der Waals surface area contributed by atoms with Crippen LogP contribution in [-0.4, -0.2) is 53.1 Å². The summed E-state index contributed by atoms with van der Waals surface area (Å²) >= 11 is 0. The molecular weight excluding hydrogens is 258 g/mol. The fourth-order valence-corrected chi connectivity index (χ4v) is 2.83. The maximum absolute atomic E-state index is 12.7. The van der Waals surface area contributed by atoms with Gasteiger partial charge in [0.15, 0.2) is 5.79 Å². The maximum atomic E-state index is 12.7. The van der Waals surface area contributed by atoms with E-state index in [4.69, 9.17) is 9.47 Å². The Labute approximate surface area is 118 Å². The Balaban J connectivity index is 1.81. The highest BCUT2D eigenvalue weighted by molar-refractivity contribution is 5.95. The fraction of sp³-hybridized carbons (Fsp3) is 0.643. The zero-order chi connectivity index (χ0) is 14.2. The van der Waals surface area contributed by atoms with Crippen LogP contribution in [0.3, 0.4) is 0 Å². The standard InChI is InChI=1S/C14H19N3O3/c1-10-8-12(11(2)16-15-10)13(18)17-5-3-4-14(9-17)19-6-7-20-14/h8H,3-7,9H2,1-2H3. The van der Waals surface area contributed by atoms with E-state index < -0.39 is 5.79 Å². The molecule has 6 nitrogen and oxygen atoms in total. The summed E-state index contributed by atoms with van der Waals surface area (Å²) in [5.74, 6) is -0.601. The highest BCUT2D eigenvalue weighted by atomic mass is 16.7. The van der Waals surface area contributed by atoms with Crippen molar-refractivity contribution in [3.05, 3.63) is 23.0 Å². The van der Waals surface area contributed by atoms with Gasteiger partial charge in [0.25, 0.3) is 5.91 Å². The fourth-order valence-electron chi connectivity index (χ4n) is 2.83. The third-order valence-electron chi connectivity index (χ3n) is 3.85. The molecule has 0 bridgehead atoms. The van der Waals surface area contributed by atoms with Crippen molar-refractivity contribution in [2.45, 2.75) is 32.5 Å². The van der Waals surface area contributed by atoms with Gasteiger partial charge < -0.3 is 14.4 Å². The number of carbonyl (C=O) groups is 1. The highest BCUT2D eigenvalue weighted by Crippen LogP contribution is 2.30. The number of aromatic nitrogens is 2. The van der Waals surface area contributed by atoms with Gasteiger partial charge in [-0.1, -0.05) is 0 Å². The summed E-state index contributed by atoms with van der Waals surface area (Å²) in [5.41, 5.74) is 2.03. The van der Waals surface area contributed by atoms with Crippen LogP contribution in [0.2, 0.25) is 0 Å². The third-order valence-corrected chi connectivity index (χ3v) is 3.85. The Bertz CT molecular complexity index is 526. The molecule has 108 valence electrons. The van der Waals surface area contributed by atoms with Gasteiger partial charge in [-0.15, -0.1) is 0 Å². The first-order chi connectivity index (χ1) is 9.60. The van der Waals surface area contributed by atoms with Crippen molar-refractivity contribution in [1.82, 2.24) is 15.1 Å². The molecule has 0 saturated carbocycles. The zero-order valence-corrected chi connectivity index (χ0v) is 11.9. The molecule has 1 amide bonds. The molecule has 2 saturated heterocycles. The summed E-state index contributed by atoms with van der Waals surface area (Å²) in [4.78, 5) is 14.5. The first kappa shape index (κ1) is 13.5. The Morgan fingerprint density at radius 2 is 2.05 bits per heavy atom. The minimum atomic E-state index is -0.586. The van der Waals surface area contributed by atoms with Crippen LogP contribution in [0.25, 0.3) is 0 Å². The lowest BCUT2D eigenvalue weighted by atomic mass is 10.0. The van der Waals surface area contributed by atoms with Crippen molar-refractivity contribution in [2.24, 2.45) is 0 Å². The van der Waals surface area contributed by atoms with Crippen LogP contribution in [0.15, 0.2) is 6.07 Å². The molecule has 0 unspecified atom stereocenters.